The van der Waals surface area contributed by atoms with Crippen molar-refractivity contribution in [1.29, 1.82) is 0 Å². The number of hydrazine groups is 2. The van der Waals surface area contributed by atoms with Crippen molar-refractivity contribution in [3.8, 4) is 0 Å². The molecule has 0 unspecified atom stereocenters. The average molecular weight is 280 g/mol. The third-order valence-electron chi connectivity index (χ3n) is 3.39. The van der Waals surface area contributed by atoms with Crippen LogP contribution in [0.25, 0.3) is 0 Å². The van der Waals surface area contributed by atoms with Crippen LogP contribution in [0.15, 0.2) is 65.8 Å². The Balaban J connectivity index is 1.89. The van der Waals surface area contributed by atoms with E-state index in [2.05, 4.69) is 36.6 Å². The molecule has 0 saturated carbocycles. The van der Waals surface area contributed by atoms with Crippen LogP contribution >= 0.6 is 0 Å². The smallest absolute Gasteiger partial charge is 0.145 e. The molecule has 0 bridgehead atoms. The zero-order chi connectivity index (χ0) is 14.5. The Morgan fingerprint density at radius 3 is 2.14 bits per heavy atom. The predicted octanol–water partition coefficient (Wildman–Crippen LogP) is 3.94. The molecule has 1 heterocycles. The van der Waals surface area contributed by atoms with E-state index in [1.807, 2.05) is 46.6 Å². The lowest BCUT2D eigenvalue weighted by molar-refractivity contribution is 0.760. The van der Waals surface area contributed by atoms with E-state index >= 15 is 0 Å². The van der Waals surface area contributed by atoms with Crippen molar-refractivity contribution in [3.63, 3.8) is 0 Å². The van der Waals surface area contributed by atoms with E-state index in [1.54, 1.807) is 0 Å². The van der Waals surface area contributed by atoms with Crippen LogP contribution in [0.5, 0.6) is 0 Å². The lowest BCUT2D eigenvalue weighted by Crippen LogP contribution is -2.44. The summed E-state index contributed by atoms with van der Waals surface area (Å²) < 4.78 is 0. The Morgan fingerprint density at radius 1 is 0.905 bits per heavy atom. The number of amidine groups is 1. The number of rotatable bonds is 5. The van der Waals surface area contributed by atoms with Gasteiger partial charge >= 0.3 is 0 Å². The van der Waals surface area contributed by atoms with Crippen LogP contribution in [0, 0.1) is 0 Å². The molecule has 1 N–H and O–H groups in total. The van der Waals surface area contributed by atoms with E-state index in [4.69, 9.17) is 5.10 Å². The lowest BCUT2D eigenvalue weighted by atomic mass is 10.2. The van der Waals surface area contributed by atoms with Crippen LogP contribution in [0.1, 0.15) is 26.2 Å². The molecule has 2 aromatic rings. The number of anilines is 2. The van der Waals surface area contributed by atoms with Crippen LogP contribution in [-0.2, 0) is 0 Å². The summed E-state index contributed by atoms with van der Waals surface area (Å²) in [5.74, 6) is 1.00. The zero-order valence-electron chi connectivity index (χ0n) is 12.2. The predicted molar refractivity (Wildman–Crippen MR) is 87.9 cm³/mol. The van der Waals surface area contributed by atoms with Crippen LogP contribution in [-0.4, -0.2) is 5.84 Å². The van der Waals surface area contributed by atoms with Gasteiger partial charge in [-0.25, -0.2) is 0 Å². The van der Waals surface area contributed by atoms with Gasteiger partial charge in [-0.3, -0.25) is 5.43 Å². The molecule has 4 heteroatoms. The fourth-order valence-electron chi connectivity index (χ4n) is 2.28. The highest BCUT2D eigenvalue weighted by Gasteiger charge is 2.24. The van der Waals surface area contributed by atoms with Gasteiger partial charge in [0.1, 0.15) is 5.84 Å². The molecule has 0 spiro atoms. The molecule has 0 radical (unpaired) electrons. The number of para-hydroxylation sites is 2. The first kappa shape index (κ1) is 13.5. The minimum Gasteiger partial charge on any atom is -0.263 e. The fourth-order valence-corrected chi connectivity index (χ4v) is 2.28. The Kier molecular flexibility index (Phi) is 4.05. The fraction of sp³-hybridized carbons (Fsp3) is 0.235. The van der Waals surface area contributed by atoms with Crippen LogP contribution in [0.2, 0.25) is 0 Å². The van der Waals surface area contributed by atoms with Crippen molar-refractivity contribution in [2.45, 2.75) is 26.2 Å². The van der Waals surface area contributed by atoms with Gasteiger partial charge in [-0.2, -0.15) is 10.2 Å². The summed E-state index contributed by atoms with van der Waals surface area (Å²) in [6.45, 7) is 2.19. The summed E-state index contributed by atoms with van der Waals surface area (Å²) >= 11 is 0. The number of nitrogens with zero attached hydrogens (tertiary/aromatic N) is 3. The van der Waals surface area contributed by atoms with E-state index in [1.165, 1.54) is 0 Å². The van der Waals surface area contributed by atoms with Crippen LogP contribution in [0.3, 0.4) is 0 Å². The minimum atomic E-state index is 0.961. The van der Waals surface area contributed by atoms with Gasteiger partial charge in [-0.1, -0.05) is 49.7 Å². The molecular formula is C17H20N4. The highest BCUT2D eigenvalue weighted by Crippen LogP contribution is 2.24. The third kappa shape index (κ3) is 2.99. The maximum Gasteiger partial charge on any atom is 0.145 e. The monoisotopic (exact) mass is 280 g/mol. The van der Waals surface area contributed by atoms with Crippen molar-refractivity contribution >= 4 is 17.2 Å². The Hall–Kier alpha value is -2.49. The van der Waals surface area contributed by atoms with Gasteiger partial charge in [0.25, 0.3) is 0 Å². The zero-order valence-corrected chi connectivity index (χ0v) is 12.2. The molecule has 0 fully saturated rings. The molecule has 0 saturated heterocycles. The molecule has 3 rings (SSSR count). The molecule has 1 aliphatic heterocycles. The van der Waals surface area contributed by atoms with Gasteiger partial charge in [0, 0.05) is 6.42 Å². The molecule has 0 aromatic heterocycles. The quantitative estimate of drug-likeness (QED) is 0.900. The molecule has 108 valence electrons. The second kappa shape index (κ2) is 6.31. The Labute approximate surface area is 125 Å². The highest BCUT2D eigenvalue weighted by atomic mass is 15.9. The van der Waals surface area contributed by atoms with Gasteiger partial charge in [0.2, 0.25) is 0 Å². The first-order chi connectivity index (χ1) is 10.4. The number of unbranched alkanes of at least 4 members (excludes halogenated alkanes) is 1. The molecular weight excluding hydrogens is 260 g/mol. The number of hydrogen-bond donors (Lipinski definition) is 1. The standard InChI is InChI=1S/C17H20N4/c1-2-3-14-17-18-20(15-10-6-4-7-11-15)21(19-17)16-12-8-5-9-13-16/h4-13H,2-3,14H2,1H3,(H,18,19). The third-order valence-corrected chi connectivity index (χ3v) is 3.39. The first-order valence-electron chi connectivity index (χ1n) is 7.43. The summed E-state index contributed by atoms with van der Waals surface area (Å²) in [4.78, 5) is 0. The van der Waals surface area contributed by atoms with E-state index < -0.39 is 0 Å². The first-order valence-corrected chi connectivity index (χ1v) is 7.43. The number of hydrazone groups is 1. The van der Waals surface area contributed by atoms with Crippen molar-refractivity contribution in [1.82, 2.24) is 5.43 Å². The molecule has 0 aliphatic carbocycles. The summed E-state index contributed by atoms with van der Waals surface area (Å²) in [5.41, 5.74) is 5.51. The minimum absolute atomic E-state index is 0.961. The van der Waals surface area contributed by atoms with E-state index in [9.17, 15) is 0 Å². The number of nitrogens with one attached hydrogen (secondary N) is 1. The summed E-state index contributed by atoms with van der Waals surface area (Å²) in [7, 11) is 0. The van der Waals surface area contributed by atoms with Crippen LogP contribution in [0.4, 0.5) is 11.4 Å². The maximum absolute atomic E-state index is 4.72. The average Bonchev–Trinajstić information content (AvgIpc) is 2.99. The molecule has 0 amide bonds. The second-order valence-electron chi connectivity index (χ2n) is 5.03. The van der Waals surface area contributed by atoms with Crippen molar-refractivity contribution < 1.29 is 0 Å². The summed E-state index contributed by atoms with van der Waals surface area (Å²) in [5, 5.41) is 8.62. The lowest BCUT2D eigenvalue weighted by Gasteiger charge is -2.27. The van der Waals surface area contributed by atoms with Crippen molar-refractivity contribution in [2.75, 3.05) is 10.2 Å². The van der Waals surface area contributed by atoms with E-state index in [-0.39, 0.29) is 0 Å². The van der Waals surface area contributed by atoms with Crippen LogP contribution < -0.4 is 15.7 Å². The summed E-state index contributed by atoms with van der Waals surface area (Å²) in [6, 6.07) is 20.4. The Morgan fingerprint density at radius 2 is 1.52 bits per heavy atom. The molecule has 2 aromatic carbocycles. The largest absolute Gasteiger partial charge is 0.263 e. The molecule has 0 atom stereocenters. The van der Waals surface area contributed by atoms with Gasteiger partial charge in [0.05, 0.1) is 11.4 Å². The van der Waals surface area contributed by atoms with Crippen molar-refractivity contribution in [2.24, 2.45) is 5.10 Å². The normalized spacial score (nSPS) is 14.0. The van der Waals surface area contributed by atoms with Crippen molar-refractivity contribution in [3.05, 3.63) is 60.7 Å². The Bertz CT molecular complexity index is 595. The van der Waals surface area contributed by atoms with E-state index in [0.717, 1.165) is 36.5 Å². The summed E-state index contributed by atoms with van der Waals surface area (Å²) in [6.07, 6.45) is 3.26. The van der Waals surface area contributed by atoms with Gasteiger partial charge in [-0.15, -0.1) is 5.10 Å². The van der Waals surface area contributed by atoms with Gasteiger partial charge < -0.3 is 0 Å². The van der Waals surface area contributed by atoms with Gasteiger partial charge in [0.15, 0.2) is 0 Å². The topological polar surface area (TPSA) is 30.9 Å². The second-order valence-corrected chi connectivity index (χ2v) is 5.03. The van der Waals surface area contributed by atoms with E-state index in [0.29, 0.717) is 0 Å². The van der Waals surface area contributed by atoms with Gasteiger partial charge in [-0.05, 0) is 30.7 Å². The maximum atomic E-state index is 4.72. The number of hydrogen-bond acceptors (Lipinski definition) is 4. The number of benzene rings is 2. The molecule has 4 nitrogen and oxygen atoms in total. The molecule has 1 aliphatic rings. The SMILES string of the molecule is CCCCC1=NN(c2ccccc2)N(c2ccccc2)N1. The highest BCUT2D eigenvalue weighted by molar-refractivity contribution is 5.88. The molecule has 21 heavy (non-hydrogen) atoms.